The van der Waals surface area contributed by atoms with Gasteiger partial charge in [0, 0.05) is 6.07 Å². The number of anilines is 1. The van der Waals surface area contributed by atoms with E-state index in [4.69, 9.17) is 10.5 Å². The Labute approximate surface area is 134 Å². The van der Waals surface area contributed by atoms with E-state index in [1.165, 1.54) is 17.9 Å². The second-order valence-electron chi connectivity index (χ2n) is 4.64. The van der Waals surface area contributed by atoms with E-state index < -0.39 is 5.97 Å². The maximum absolute atomic E-state index is 12.3. The van der Waals surface area contributed by atoms with Crippen molar-refractivity contribution in [1.29, 1.82) is 0 Å². The van der Waals surface area contributed by atoms with Crippen molar-refractivity contribution < 1.29 is 14.3 Å². The molecule has 0 aliphatic rings. The number of ether oxygens (including phenoxy) is 2. The summed E-state index contributed by atoms with van der Waals surface area (Å²) < 4.78 is 11.5. The van der Waals surface area contributed by atoms with Crippen LogP contribution in [0.5, 0.6) is 5.75 Å². The van der Waals surface area contributed by atoms with Crippen LogP contribution in [0.15, 0.2) is 35.1 Å². The zero-order chi connectivity index (χ0) is 16.6. The first kappa shape index (κ1) is 15.0. The van der Waals surface area contributed by atoms with Gasteiger partial charge in [0.25, 0.3) is 5.56 Å². The van der Waals surface area contributed by atoms with E-state index in [2.05, 4.69) is 9.84 Å². The first-order valence-electron chi connectivity index (χ1n) is 6.60. The lowest BCUT2D eigenvalue weighted by molar-refractivity contribution is 0.0607. The maximum atomic E-state index is 12.3. The van der Waals surface area contributed by atoms with Gasteiger partial charge in [-0.05, 0) is 24.3 Å². The molecule has 0 atom stereocenters. The number of carbonyl (C=O) groups is 1. The maximum Gasteiger partial charge on any atom is 0.350 e. The summed E-state index contributed by atoms with van der Waals surface area (Å²) in [5.41, 5.74) is 6.82. The molecule has 0 saturated carbocycles. The quantitative estimate of drug-likeness (QED) is 0.736. The Morgan fingerprint density at radius 2 is 1.96 bits per heavy atom. The van der Waals surface area contributed by atoms with E-state index in [1.807, 2.05) is 0 Å². The van der Waals surface area contributed by atoms with Crippen LogP contribution < -0.4 is 16.0 Å². The lowest BCUT2D eigenvalue weighted by atomic mass is 10.3. The highest BCUT2D eigenvalue weighted by atomic mass is 32.1. The van der Waals surface area contributed by atoms with Crippen LogP contribution in [0.25, 0.3) is 15.9 Å². The lowest BCUT2D eigenvalue weighted by Gasteiger charge is -2.05. The summed E-state index contributed by atoms with van der Waals surface area (Å²) in [5.74, 6) is 0.125. The molecule has 3 aromatic rings. The summed E-state index contributed by atoms with van der Waals surface area (Å²) in [5, 5.41) is 4.28. The van der Waals surface area contributed by atoms with E-state index in [1.54, 1.807) is 31.4 Å². The van der Waals surface area contributed by atoms with Crippen molar-refractivity contribution in [3.8, 4) is 11.4 Å². The molecule has 8 heteroatoms. The molecule has 2 heterocycles. The summed E-state index contributed by atoms with van der Waals surface area (Å²) in [6.45, 7) is 0. The summed E-state index contributed by atoms with van der Waals surface area (Å²) >= 11 is 1.09. The van der Waals surface area contributed by atoms with Crippen molar-refractivity contribution in [2.75, 3.05) is 20.0 Å². The van der Waals surface area contributed by atoms with Crippen molar-refractivity contribution in [3.63, 3.8) is 0 Å². The van der Waals surface area contributed by atoms with Crippen LogP contribution in [-0.4, -0.2) is 30.0 Å². The molecule has 0 amide bonds. The minimum absolute atomic E-state index is 0.208. The molecule has 0 radical (unpaired) electrons. The fraction of sp³-hybridized carbons (Fsp3) is 0.133. The average molecular weight is 331 g/mol. The van der Waals surface area contributed by atoms with Gasteiger partial charge in [0.05, 0.1) is 30.3 Å². The zero-order valence-electron chi connectivity index (χ0n) is 12.4. The van der Waals surface area contributed by atoms with E-state index >= 15 is 0 Å². The van der Waals surface area contributed by atoms with Gasteiger partial charge in [-0.25, -0.2) is 4.79 Å². The van der Waals surface area contributed by atoms with Gasteiger partial charge in [-0.3, -0.25) is 4.79 Å². The first-order valence-corrected chi connectivity index (χ1v) is 7.42. The van der Waals surface area contributed by atoms with Crippen LogP contribution >= 0.6 is 11.3 Å². The van der Waals surface area contributed by atoms with Gasteiger partial charge in [0.15, 0.2) is 0 Å². The van der Waals surface area contributed by atoms with Crippen molar-refractivity contribution in [2.45, 2.75) is 0 Å². The van der Waals surface area contributed by atoms with E-state index in [0.29, 0.717) is 21.7 Å². The van der Waals surface area contributed by atoms with Crippen molar-refractivity contribution in [3.05, 3.63) is 45.6 Å². The molecule has 0 bridgehead atoms. The number of nitrogen functional groups attached to an aromatic ring is 1. The van der Waals surface area contributed by atoms with Gasteiger partial charge in [0.2, 0.25) is 0 Å². The third-order valence-electron chi connectivity index (χ3n) is 3.30. The van der Waals surface area contributed by atoms with E-state index in [0.717, 1.165) is 11.3 Å². The molecule has 0 spiro atoms. The molecule has 23 heavy (non-hydrogen) atoms. The topological polar surface area (TPSA) is 96.4 Å². The zero-order valence-corrected chi connectivity index (χ0v) is 13.2. The molecule has 2 aromatic heterocycles. The van der Waals surface area contributed by atoms with Gasteiger partial charge in [0.1, 0.15) is 16.1 Å². The molecule has 0 aliphatic heterocycles. The molecule has 1 aromatic carbocycles. The van der Waals surface area contributed by atoms with Crippen LogP contribution in [0, 0.1) is 0 Å². The number of hydrogen-bond donors (Lipinski definition) is 1. The monoisotopic (exact) mass is 331 g/mol. The van der Waals surface area contributed by atoms with Crippen molar-refractivity contribution in [1.82, 2.24) is 9.78 Å². The molecule has 0 unspecified atom stereocenters. The number of fused-ring (bicyclic) bond motifs is 1. The van der Waals surface area contributed by atoms with Crippen molar-refractivity contribution >= 4 is 33.2 Å². The summed E-state index contributed by atoms with van der Waals surface area (Å²) in [7, 11) is 2.84. The number of nitrogens with zero attached hydrogens (tertiary/aromatic N) is 2. The Morgan fingerprint density at radius 3 is 2.57 bits per heavy atom. The minimum atomic E-state index is -0.547. The number of benzene rings is 1. The predicted octanol–water partition coefficient (Wildman–Crippen LogP) is 1.82. The van der Waals surface area contributed by atoms with Crippen molar-refractivity contribution in [2.24, 2.45) is 0 Å². The lowest BCUT2D eigenvalue weighted by Crippen LogP contribution is -2.19. The molecule has 0 fully saturated rings. The fourth-order valence-electron chi connectivity index (χ4n) is 2.13. The molecular weight excluding hydrogens is 318 g/mol. The summed E-state index contributed by atoms with van der Waals surface area (Å²) in [6, 6.07) is 8.28. The molecule has 118 valence electrons. The van der Waals surface area contributed by atoms with Gasteiger partial charge in [-0.15, -0.1) is 11.3 Å². The predicted molar refractivity (Wildman–Crippen MR) is 87.5 cm³/mol. The first-order chi connectivity index (χ1) is 11.0. The molecule has 0 aliphatic carbocycles. The van der Waals surface area contributed by atoms with E-state index in [9.17, 15) is 9.59 Å². The highest BCUT2D eigenvalue weighted by Gasteiger charge is 2.19. The average Bonchev–Trinajstić information content (AvgIpc) is 2.89. The smallest absolute Gasteiger partial charge is 0.350 e. The van der Waals surface area contributed by atoms with Gasteiger partial charge >= 0.3 is 5.97 Å². The summed E-state index contributed by atoms with van der Waals surface area (Å²) in [6.07, 6.45) is 0. The van der Waals surface area contributed by atoms with Gasteiger partial charge in [-0.1, -0.05) is 0 Å². The third-order valence-corrected chi connectivity index (χ3v) is 4.42. The number of aromatic nitrogens is 2. The van der Waals surface area contributed by atoms with Crippen LogP contribution in [0.4, 0.5) is 5.69 Å². The number of hydrogen-bond acceptors (Lipinski definition) is 7. The molecular formula is C15H13N3O4S. The number of nitrogens with two attached hydrogens (primary N) is 1. The standard InChI is InChI=1S/C15H13N3O4S/c1-21-9-5-3-8(4-6-9)18-11(19)7-10-13(17-18)12(16)14(23-10)15(20)22-2/h3-7H,16H2,1-2H3. The van der Waals surface area contributed by atoms with Gasteiger partial charge in [-0.2, -0.15) is 9.78 Å². The Hall–Kier alpha value is -2.87. The van der Waals surface area contributed by atoms with Crippen LogP contribution in [0.1, 0.15) is 9.67 Å². The second kappa shape index (κ2) is 5.73. The highest BCUT2D eigenvalue weighted by Crippen LogP contribution is 2.31. The highest BCUT2D eigenvalue weighted by molar-refractivity contribution is 7.21. The normalized spacial score (nSPS) is 10.7. The number of esters is 1. The van der Waals surface area contributed by atoms with Gasteiger partial charge < -0.3 is 15.2 Å². The number of thiophene rings is 1. The third kappa shape index (κ3) is 2.53. The minimum Gasteiger partial charge on any atom is -0.497 e. The summed E-state index contributed by atoms with van der Waals surface area (Å²) in [4.78, 5) is 24.2. The Bertz CT molecular complexity index is 944. The Balaban J connectivity index is 2.18. The molecule has 0 saturated heterocycles. The second-order valence-corrected chi connectivity index (χ2v) is 5.69. The van der Waals surface area contributed by atoms with E-state index in [-0.39, 0.29) is 16.1 Å². The van der Waals surface area contributed by atoms with Crippen LogP contribution in [0.2, 0.25) is 0 Å². The Morgan fingerprint density at radius 1 is 1.26 bits per heavy atom. The number of rotatable bonds is 3. The van der Waals surface area contributed by atoms with Crippen LogP contribution in [-0.2, 0) is 4.74 Å². The largest absolute Gasteiger partial charge is 0.497 e. The van der Waals surface area contributed by atoms with Crippen LogP contribution in [0.3, 0.4) is 0 Å². The SMILES string of the molecule is COC(=O)c1sc2cc(=O)n(-c3ccc(OC)cc3)nc2c1N. The number of carbonyl (C=O) groups excluding carboxylic acids is 1. The molecule has 3 rings (SSSR count). The molecule has 7 nitrogen and oxygen atoms in total. The number of methoxy groups -OCH3 is 2. The fourth-order valence-corrected chi connectivity index (χ4v) is 3.13. The Kier molecular flexibility index (Phi) is 3.75. The molecule has 2 N–H and O–H groups in total.